The lowest BCUT2D eigenvalue weighted by molar-refractivity contribution is 0.295. The van der Waals surface area contributed by atoms with Gasteiger partial charge in [0.1, 0.15) is 12.1 Å². The molecule has 2 rings (SSSR count). The molecule has 0 amide bonds. The molecule has 0 saturated heterocycles. The number of anilines is 1. The number of para-hydroxylation sites is 1. The summed E-state index contributed by atoms with van der Waals surface area (Å²) >= 11 is 0. The van der Waals surface area contributed by atoms with E-state index in [0.29, 0.717) is 6.04 Å². The quantitative estimate of drug-likeness (QED) is 0.805. The zero-order valence-corrected chi connectivity index (χ0v) is 13.3. The van der Waals surface area contributed by atoms with E-state index in [4.69, 9.17) is 0 Å². The summed E-state index contributed by atoms with van der Waals surface area (Å²) in [6.07, 6.45) is 3.99. The lowest BCUT2D eigenvalue weighted by Crippen LogP contribution is -2.25. The first kappa shape index (κ1) is 15.7. The Morgan fingerprint density at radius 1 is 1.14 bits per heavy atom. The van der Waals surface area contributed by atoms with Gasteiger partial charge in [0.05, 0.1) is 5.52 Å². The molecule has 0 unspecified atom stereocenters. The van der Waals surface area contributed by atoms with E-state index in [1.54, 1.807) is 6.33 Å². The van der Waals surface area contributed by atoms with Crippen molar-refractivity contribution in [3.63, 3.8) is 0 Å². The van der Waals surface area contributed by atoms with Gasteiger partial charge in [0, 0.05) is 11.4 Å². The zero-order chi connectivity index (χ0) is 15.1. The van der Waals surface area contributed by atoms with Crippen molar-refractivity contribution in [2.45, 2.75) is 39.7 Å². The van der Waals surface area contributed by atoms with Crippen molar-refractivity contribution in [3.8, 4) is 0 Å². The van der Waals surface area contributed by atoms with Crippen molar-refractivity contribution < 1.29 is 0 Å². The molecule has 0 aliphatic carbocycles. The van der Waals surface area contributed by atoms with Crippen LogP contribution in [-0.4, -0.2) is 40.5 Å². The third-order valence-electron chi connectivity index (χ3n) is 3.93. The van der Waals surface area contributed by atoms with Gasteiger partial charge in [-0.25, -0.2) is 9.97 Å². The van der Waals surface area contributed by atoms with Crippen LogP contribution < -0.4 is 5.32 Å². The van der Waals surface area contributed by atoms with Crippen molar-refractivity contribution in [2.75, 3.05) is 25.0 Å². The van der Waals surface area contributed by atoms with Gasteiger partial charge in [0.2, 0.25) is 0 Å². The number of hydrogen-bond donors (Lipinski definition) is 1. The monoisotopic (exact) mass is 286 g/mol. The second-order valence-electron chi connectivity index (χ2n) is 5.45. The molecule has 1 heterocycles. The normalized spacial score (nSPS) is 12.8. The minimum absolute atomic E-state index is 0.416. The molecule has 0 spiro atoms. The van der Waals surface area contributed by atoms with Crippen LogP contribution >= 0.6 is 0 Å². The molecule has 0 radical (unpaired) electrons. The molecule has 1 atom stereocenters. The Kier molecular flexibility index (Phi) is 5.93. The van der Waals surface area contributed by atoms with Crippen molar-refractivity contribution in [1.82, 2.24) is 14.9 Å². The Bertz CT molecular complexity index is 546. The Balaban J connectivity index is 1.91. The summed E-state index contributed by atoms with van der Waals surface area (Å²) in [7, 11) is 0. The number of fused-ring (bicyclic) bond motifs is 1. The fourth-order valence-electron chi connectivity index (χ4n) is 2.59. The van der Waals surface area contributed by atoms with E-state index in [2.05, 4.69) is 47.0 Å². The number of nitrogens with zero attached hydrogens (tertiary/aromatic N) is 3. The molecule has 4 heteroatoms. The van der Waals surface area contributed by atoms with Gasteiger partial charge >= 0.3 is 0 Å². The van der Waals surface area contributed by atoms with Crippen LogP contribution in [0.5, 0.6) is 0 Å². The summed E-state index contributed by atoms with van der Waals surface area (Å²) < 4.78 is 0. The van der Waals surface area contributed by atoms with Gasteiger partial charge in [-0.2, -0.15) is 0 Å². The minimum atomic E-state index is 0.416. The van der Waals surface area contributed by atoms with Gasteiger partial charge in [0.15, 0.2) is 0 Å². The van der Waals surface area contributed by atoms with Crippen LogP contribution in [-0.2, 0) is 0 Å². The van der Waals surface area contributed by atoms with E-state index in [1.165, 1.54) is 13.0 Å². The maximum absolute atomic E-state index is 4.39. The highest BCUT2D eigenvalue weighted by atomic mass is 15.1. The first-order valence-electron chi connectivity index (χ1n) is 7.93. The molecule has 0 saturated carbocycles. The third kappa shape index (κ3) is 4.39. The lowest BCUT2D eigenvalue weighted by atomic mass is 10.1. The highest BCUT2D eigenvalue weighted by molar-refractivity contribution is 5.88. The van der Waals surface area contributed by atoms with Crippen LogP contribution in [0.1, 0.15) is 33.6 Å². The molecule has 1 N–H and O–H groups in total. The highest BCUT2D eigenvalue weighted by Gasteiger charge is 2.07. The first-order chi connectivity index (χ1) is 10.2. The van der Waals surface area contributed by atoms with Crippen LogP contribution in [0.25, 0.3) is 10.9 Å². The number of aromatic nitrogens is 2. The topological polar surface area (TPSA) is 41.0 Å². The summed E-state index contributed by atoms with van der Waals surface area (Å²) in [5.74, 6) is 0.941. The molecule has 0 aliphatic heterocycles. The maximum atomic E-state index is 4.39. The van der Waals surface area contributed by atoms with Gasteiger partial charge in [-0.3, -0.25) is 0 Å². The average Bonchev–Trinajstić information content (AvgIpc) is 2.52. The molecular formula is C17H26N4. The molecule has 1 aromatic heterocycles. The lowest BCUT2D eigenvalue weighted by Gasteiger charge is -2.20. The van der Waals surface area contributed by atoms with Crippen molar-refractivity contribution in [3.05, 3.63) is 30.6 Å². The van der Waals surface area contributed by atoms with Crippen molar-refractivity contribution in [2.24, 2.45) is 0 Å². The number of hydrogen-bond acceptors (Lipinski definition) is 4. The Hall–Kier alpha value is -1.68. The fourth-order valence-corrected chi connectivity index (χ4v) is 2.59. The largest absolute Gasteiger partial charge is 0.367 e. The summed E-state index contributed by atoms with van der Waals surface area (Å²) in [6.45, 7) is 10.1. The van der Waals surface area contributed by atoms with E-state index < -0.39 is 0 Å². The van der Waals surface area contributed by atoms with Crippen molar-refractivity contribution in [1.29, 1.82) is 0 Å². The van der Waals surface area contributed by atoms with Gasteiger partial charge in [-0.1, -0.05) is 26.0 Å². The molecule has 2 aromatic rings. The SMILES string of the molecule is CCN(CC)CCC[C@@H](C)Nc1ncnc2ccccc12. The number of rotatable bonds is 8. The minimum Gasteiger partial charge on any atom is -0.367 e. The predicted octanol–water partition coefficient (Wildman–Crippen LogP) is 3.55. The Morgan fingerprint density at radius 3 is 2.67 bits per heavy atom. The second kappa shape index (κ2) is 7.93. The Morgan fingerprint density at radius 2 is 1.90 bits per heavy atom. The number of nitrogens with one attached hydrogen (secondary N) is 1. The fraction of sp³-hybridized carbons (Fsp3) is 0.529. The summed E-state index contributed by atoms with van der Waals surface area (Å²) in [4.78, 5) is 11.2. The van der Waals surface area contributed by atoms with E-state index in [-0.39, 0.29) is 0 Å². The van der Waals surface area contributed by atoms with Gasteiger partial charge in [0.25, 0.3) is 0 Å². The van der Waals surface area contributed by atoms with E-state index in [9.17, 15) is 0 Å². The van der Waals surface area contributed by atoms with Crippen LogP contribution in [0.3, 0.4) is 0 Å². The standard InChI is InChI=1S/C17H26N4/c1-4-21(5-2)12-8-9-14(3)20-17-15-10-6-7-11-16(15)18-13-19-17/h6-7,10-11,13-14H,4-5,8-9,12H2,1-3H3,(H,18,19,20)/t14-/m1/s1. The van der Waals surface area contributed by atoms with Gasteiger partial charge in [-0.05, 0) is 51.5 Å². The maximum Gasteiger partial charge on any atom is 0.137 e. The molecule has 1 aromatic carbocycles. The summed E-state index contributed by atoms with van der Waals surface area (Å²) in [5, 5.41) is 4.62. The Labute approximate surface area is 127 Å². The molecule has 0 fully saturated rings. The molecule has 0 bridgehead atoms. The third-order valence-corrected chi connectivity index (χ3v) is 3.93. The summed E-state index contributed by atoms with van der Waals surface area (Å²) in [6, 6.07) is 8.54. The van der Waals surface area contributed by atoms with Crippen LogP contribution in [0, 0.1) is 0 Å². The average molecular weight is 286 g/mol. The molecular weight excluding hydrogens is 260 g/mol. The number of benzene rings is 1. The predicted molar refractivity (Wildman–Crippen MR) is 89.6 cm³/mol. The second-order valence-corrected chi connectivity index (χ2v) is 5.45. The van der Waals surface area contributed by atoms with Crippen LogP contribution in [0.15, 0.2) is 30.6 Å². The van der Waals surface area contributed by atoms with Crippen LogP contribution in [0.4, 0.5) is 5.82 Å². The van der Waals surface area contributed by atoms with E-state index in [0.717, 1.165) is 36.2 Å². The van der Waals surface area contributed by atoms with Crippen LogP contribution in [0.2, 0.25) is 0 Å². The summed E-state index contributed by atoms with van der Waals surface area (Å²) in [5.41, 5.74) is 0.991. The van der Waals surface area contributed by atoms with Gasteiger partial charge in [-0.15, -0.1) is 0 Å². The molecule has 4 nitrogen and oxygen atoms in total. The highest BCUT2D eigenvalue weighted by Crippen LogP contribution is 2.19. The van der Waals surface area contributed by atoms with E-state index in [1.807, 2.05) is 18.2 Å². The zero-order valence-electron chi connectivity index (χ0n) is 13.3. The molecule has 114 valence electrons. The molecule has 0 aliphatic rings. The van der Waals surface area contributed by atoms with E-state index >= 15 is 0 Å². The molecule has 21 heavy (non-hydrogen) atoms. The first-order valence-corrected chi connectivity index (χ1v) is 7.93. The smallest absolute Gasteiger partial charge is 0.137 e. The van der Waals surface area contributed by atoms with Crippen molar-refractivity contribution >= 4 is 16.7 Å². The van der Waals surface area contributed by atoms with Gasteiger partial charge < -0.3 is 10.2 Å².